The van der Waals surface area contributed by atoms with Gasteiger partial charge < -0.3 is 5.73 Å². The first-order valence-corrected chi connectivity index (χ1v) is 6.31. The Morgan fingerprint density at radius 3 is 2.40 bits per heavy atom. The summed E-state index contributed by atoms with van der Waals surface area (Å²) in [6.07, 6.45) is 0. The van der Waals surface area contributed by atoms with Crippen LogP contribution in [-0.4, -0.2) is 11.8 Å². The summed E-state index contributed by atoms with van der Waals surface area (Å²) in [5.74, 6) is 0. The molecular weight excluding hydrogens is 202 g/mol. The van der Waals surface area contributed by atoms with Crippen molar-refractivity contribution < 1.29 is 0 Å². The lowest BCUT2D eigenvalue weighted by molar-refractivity contribution is 0.529. The molecule has 0 amide bonds. The Balaban J connectivity index is 3.06. The van der Waals surface area contributed by atoms with Gasteiger partial charge in [-0.15, -0.1) is 11.8 Å². The molecule has 2 N–H and O–H groups in total. The van der Waals surface area contributed by atoms with E-state index in [0.29, 0.717) is 11.8 Å². The minimum Gasteiger partial charge on any atom is -0.330 e. The molecule has 0 saturated carbocycles. The number of thioether (sulfide) groups is 1. The first kappa shape index (κ1) is 12.6. The van der Waals surface area contributed by atoms with E-state index in [0.717, 1.165) is 0 Å². The second-order valence-corrected chi connectivity index (χ2v) is 6.37. The third kappa shape index (κ3) is 3.25. The highest BCUT2D eigenvalue weighted by Crippen LogP contribution is 2.33. The van der Waals surface area contributed by atoms with E-state index in [2.05, 4.69) is 52.0 Å². The average Bonchev–Trinajstić information content (AvgIpc) is 2.17. The standard InChI is InChI=1S/C13H21NS/c1-10(2)15-12-8-6-5-7-11(12)13(3,4)9-14/h5-8,10H,9,14H2,1-4H3. The van der Waals surface area contributed by atoms with Crippen LogP contribution in [0.5, 0.6) is 0 Å². The molecule has 84 valence electrons. The Morgan fingerprint density at radius 1 is 1.27 bits per heavy atom. The first-order valence-electron chi connectivity index (χ1n) is 5.43. The van der Waals surface area contributed by atoms with Crippen molar-refractivity contribution in [3.8, 4) is 0 Å². The molecule has 0 fully saturated rings. The van der Waals surface area contributed by atoms with E-state index in [1.807, 2.05) is 11.8 Å². The fraction of sp³-hybridized carbons (Fsp3) is 0.538. The number of hydrogen-bond acceptors (Lipinski definition) is 2. The fourth-order valence-electron chi connectivity index (χ4n) is 1.49. The molecule has 0 aliphatic carbocycles. The Labute approximate surface area is 97.4 Å². The molecule has 1 nitrogen and oxygen atoms in total. The molecule has 0 aromatic heterocycles. The third-order valence-electron chi connectivity index (χ3n) is 2.49. The molecule has 1 aromatic carbocycles. The molecule has 0 heterocycles. The normalized spacial score (nSPS) is 12.1. The van der Waals surface area contributed by atoms with E-state index in [9.17, 15) is 0 Å². The summed E-state index contributed by atoms with van der Waals surface area (Å²) in [6.45, 7) is 9.52. The van der Waals surface area contributed by atoms with Crippen molar-refractivity contribution in [3.63, 3.8) is 0 Å². The average molecular weight is 223 g/mol. The van der Waals surface area contributed by atoms with E-state index >= 15 is 0 Å². The van der Waals surface area contributed by atoms with Gasteiger partial charge in [0, 0.05) is 22.1 Å². The molecule has 15 heavy (non-hydrogen) atoms. The Morgan fingerprint density at radius 2 is 1.87 bits per heavy atom. The summed E-state index contributed by atoms with van der Waals surface area (Å²) in [6, 6.07) is 8.58. The molecule has 1 aromatic rings. The van der Waals surface area contributed by atoms with Crippen molar-refractivity contribution in [3.05, 3.63) is 29.8 Å². The topological polar surface area (TPSA) is 26.0 Å². The maximum absolute atomic E-state index is 5.83. The highest BCUT2D eigenvalue weighted by molar-refractivity contribution is 8.00. The maximum Gasteiger partial charge on any atom is 0.0113 e. The molecule has 0 saturated heterocycles. The van der Waals surface area contributed by atoms with Crippen molar-refractivity contribution in [2.45, 2.75) is 43.3 Å². The van der Waals surface area contributed by atoms with E-state index in [1.54, 1.807) is 0 Å². The first-order chi connectivity index (χ1) is 6.97. The summed E-state index contributed by atoms with van der Waals surface area (Å²) in [5.41, 5.74) is 7.26. The second kappa shape index (κ2) is 5.04. The SMILES string of the molecule is CC(C)Sc1ccccc1C(C)(C)CN. The van der Waals surface area contributed by atoms with Crippen LogP contribution in [0.3, 0.4) is 0 Å². The quantitative estimate of drug-likeness (QED) is 0.791. The van der Waals surface area contributed by atoms with Crippen LogP contribution in [0.1, 0.15) is 33.3 Å². The van der Waals surface area contributed by atoms with Crippen LogP contribution < -0.4 is 5.73 Å². The smallest absolute Gasteiger partial charge is 0.0113 e. The molecule has 0 aliphatic heterocycles. The van der Waals surface area contributed by atoms with Crippen molar-refractivity contribution in [1.29, 1.82) is 0 Å². The van der Waals surface area contributed by atoms with Gasteiger partial charge in [-0.2, -0.15) is 0 Å². The third-order valence-corrected chi connectivity index (χ3v) is 3.57. The summed E-state index contributed by atoms with van der Waals surface area (Å²) >= 11 is 1.91. The van der Waals surface area contributed by atoms with E-state index in [4.69, 9.17) is 5.73 Å². The van der Waals surface area contributed by atoms with Gasteiger partial charge in [-0.3, -0.25) is 0 Å². The van der Waals surface area contributed by atoms with E-state index in [1.165, 1.54) is 10.5 Å². The summed E-state index contributed by atoms with van der Waals surface area (Å²) in [4.78, 5) is 1.36. The number of rotatable bonds is 4. The molecule has 2 heteroatoms. The molecule has 0 radical (unpaired) electrons. The van der Waals surface area contributed by atoms with Gasteiger partial charge in [-0.1, -0.05) is 45.9 Å². The minimum absolute atomic E-state index is 0.0679. The molecule has 0 aliphatic rings. The van der Waals surface area contributed by atoms with Gasteiger partial charge >= 0.3 is 0 Å². The van der Waals surface area contributed by atoms with Gasteiger partial charge in [0.05, 0.1) is 0 Å². The van der Waals surface area contributed by atoms with Gasteiger partial charge in [0.15, 0.2) is 0 Å². The molecule has 0 atom stereocenters. The molecule has 1 rings (SSSR count). The fourth-order valence-corrected chi connectivity index (χ4v) is 2.63. The van der Waals surface area contributed by atoms with Crippen LogP contribution in [-0.2, 0) is 5.41 Å². The number of benzene rings is 1. The zero-order valence-corrected chi connectivity index (χ0v) is 10.9. The van der Waals surface area contributed by atoms with E-state index in [-0.39, 0.29) is 5.41 Å². The van der Waals surface area contributed by atoms with Crippen LogP contribution in [0, 0.1) is 0 Å². The van der Waals surface area contributed by atoms with Gasteiger partial charge in [-0.25, -0.2) is 0 Å². The minimum atomic E-state index is 0.0679. The zero-order valence-electron chi connectivity index (χ0n) is 10.1. The monoisotopic (exact) mass is 223 g/mol. The predicted octanol–water partition coefficient (Wildman–Crippen LogP) is 3.42. The number of nitrogens with two attached hydrogens (primary N) is 1. The lowest BCUT2D eigenvalue weighted by Gasteiger charge is -2.26. The van der Waals surface area contributed by atoms with Crippen molar-refractivity contribution in [2.75, 3.05) is 6.54 Å². The van der Waals surface area contributed by atoms with Crippen LogP contribution in [0.4, 0.5) is 0 Å². The summed E-state index contributed by atoms with van der Waals surface area (Å²) < 4.78 is 0. The lowest BCUT2D eigenvalue weighted by atomic mass is 9.85. The van der Waals surface area contributed by atoms with Gasteiger partial charge in [0.25, 0.3) is 0 Å². The van der Waals surface area contributed by atoms with E-state index < -0.39 is 0 Å². The van der Waals surface area contributed by atoms with Crippen LogP contribution in [0.25, 0.3) is 0 Å². The highest BCUT2D eigenvalue weighted by atomic mass is 32.2. The van der Waals surface area contributed by atoms with Crippen molar-refractivity contribution in [2.24, 2.45) is 5.73 Å². The van der Waals surface area contributed by atoms with Crippen LogP contribution in [0.15, 0.2) is 29.2 Å². The Kier molecular flexibility index (Phi) is 4.23. The highest BCUT2D eigenvalue weighted by Gasteiger charge is 2.21. The molecular formula is C13H21NS. The molecule has 0 unspecified atom stereocenters. The van der Waals surface area contributed by atoms with Crippen molar-refractivity contribution in [1.82, 2.24) is 0 Å². The van der Waals surface area contributed by atoms with Crippen LogP contribution in [0.2, 0.25) is 0 Å². The lowest BCUT2D eigenvalue weighted by Crippen LogP contribution is -2.28. The Bertz CT molecular complexity index is 318. The van der Waals surface area contributed by atoms with Crippen molar-refractivity contribution >= 4 is 11.8 Å². The largest absolute Gasteiger partial charge is 0.330 e. The Hall–Kier alpha value is -0.470. The van der Waals surface area contributed by atoms with Gasteiger partial charge in [-0.05, 0) is 11.6 Å². The predicted molar refractivity (Wildman–Crippen MR) is 69.5 cm³/mol. The summed E-state index contributed by atoms with van der Waals surface area (Å²) in [7, 11) is 0. The number of hydrogen-bond donors (Lipinski definition) is 1. The molecule has 0 bridgehead atoms. The van der Waals surface area contributed by atoms with Gasteiger partial charge in [0.1, 0.15) is 0 Å². The summed E-state index contributed by atoms with van der Waals surface area (Å²) in [5, 5.41) is 0.611. The maximum atomic E-state index is 5.83. The van der Waals surface area contributed by atoms with Gasteiger partial charge in [0.2, 0.25) is 0 Å². The zero-order chi connectivity index (χ0) is 11.5. The molecule has 0 spiro atoms. The second-order valence-electron chi connectivity index (χ2n) is 4.75. The van der Waals surface area contributed by atoms with Crippen LogP contribution >= 0.6 is 11.8 Å².